The van der Waals surface area contributed by atoms with Gasteiger partial charge >= 0.3 is 0 Å². The maximum atomic E-state index is 11.8. The average molecular weight is 377 g/mol. The molecule has 0 radical (unpaired) electrons. The van der Waals surface area contributed by atoms with E-state index in [4.69, 9.17) is 4.42 Å². The molecular formula is C17H17BrN2O3. The van der Waals surface area contributed by atoms with Gasteiger partial charge in [-0.25, -0.2) is 0 Å². The number of nitrogens with one attached hydrogen (secondary N) is 1. The number of carbonyl (C=O) groups is 2. The number of amides is 2. The fourth-order valence-corrected chi connectivity index (χ4v) is 2.17. The summed E-state index contributed by atoms with van der Waals surface area (Å²) in [6.07, 6.45) is 3.01. The highest BCUT2D eigenvalue weighted by atomic mass is 79.9. The van der Waals surface area contributed by atoms with Gasteiger partial charge in [-0.3, -0.25) is 9.59 Å². The Morgan fingerprint density at radius 1 is 1.17 bits per heavy atom. The molecule has 0 saturated heterocycles. The third-order valence-electron chi connectivity index (χ3n) is 3.07. The lowest BCUT2D eigenvalue weighted by molar-refractivity contribution is -0.116. The maximum absolute atomic E-state index is 11.8. The summed E-state index contributed by atoms with van der Waals surface area (Å²) in [5, 5.41) is 2.77. The number of hydrogen-bond acceptors (Lipinski definition) is 3. The molecule has 0 atom stereocenters. The second-order valence-corrected chi connectivity index (χ2v) is 5.87. The van der Waals surface area contributed by atoms with E-state index in [0.29, 0.717) is 22.5 Å². The van der Waals surface area contributed by atoms with Crippen molar-refractivity contribution < 1.29 is 14.0 Å². The normalized spacial score (nSPS) is 10.7. The van der Waals surface area contributed by atoms with Gasteiger partial charge in [-0.2, -0.15) is 0 Å². The Labute approximate surface area is 143 Å². The van der Waals surface area contributed by atoms with Gasteiger partial charge in [0.25, 0.3) is 5.91 Å². The van der Waals surface area contributed by atoms with Crippen LogP contribution in [-0.2, 0) is 11.3 Å². The van der Waals surface area contributed by atoms with Crippen LogP contribution >= 0.6 is 15.9 Å². The smallest absolute Gasteiger partial charge is 0.253 e. The van der Waals surface area contributed by atoms with Gasteiger partial charge in [0.2, 0.25) is 5.91 Å². The van der Waals surface area contributed by atoms with Crippen LogP contribution in [-0.4, -0.2) is 30.8 Å². The molecule has 1 aromatic carbocycles. The number of benzene rings is 1. The largest absolute Gasteiger partial charge is 0.450 e. The minimum atomic E-state index is -0.217. The van der Waals surface area contributed by atoms with E-state index in [1.807, 2.05) is 12.1 Å². The minimum Gasteiger partial charge on any atom is -0.450 e. The first-order valence-corrected chi connectivity index (χ1v) is 7.77. The molecule has 0 aliphatic carbocycles. The van der Waals surface area contributed by atoms with E-state index in [2.05, 4.69) is 21.2 Å². The molecule has 0 saturated carbocycles. The molecule has 0 aliphatic rings. The van der Waals surface area contributed by atoms with E-state index in [0.717, 1.165) is 5.56 Å². The van der Waals surface area contributed by atoms with Crippen LogP contribution in [0, 0.1) is 0 Å². The molecule has 5 nitrogen and oxygen atoms in total. The number of nitrogens with zero attached hydrogens (tertiary/aromatic N) is 1. The Morgan fingerprint density at radius 2 is 1.87 bits per heavy atom. The molecule has 2 aromatic rings. The first-order chi connectivity index (χ1) is 11.0. The molecule has 1 aromatic heterocycles. The predicted octanol–water partition coefficient (Wildman–Crippen LogP) is 3.07. The SMILES string of the molecule is CN(C)C(=O)c1ccc(CNC(=O)/C=C/c2ccc(Br)o2)cc1. The first-order valence-electron chi connectivity index (χ1n) is 6.97. The number of hydrogen-bond donors (Lipinski definition) is 1. The zero-order valence-electron chi connectivity index (χ0n) is 12.9. The van der Waals surface area contributed by atoms with Crippen molar-refractivity contribution in [3.8, 4) is 0 Å². The standard InChI is InChI=1S/C17H17BrN2O3/c1-20(2)17(22)13-5-3-12(4-6-13)11-19-16(21)10-8-14-7-9-15(18)23-14/h3-10H,11H2,1-2H3,(H,19,21)/b10-8+. The van der Waals surface area contributed by atoms with Crippen molar-refractivity contribution in [2.75, 3.05) is 14.1 Å². The van der Waals surface area contributed by atoms with Crippen molar-refractivity contribution in [1.29, 1.82) is 0 Å². The highest BCUT2D eigenvalue weighted by Crippen LogP contribution is 2.14. The van der Waals surface area contributed by atoms with Crippen molar-refractivity contribution in [3.05, 3.63) is 64.0 Å². The van der Waals surface area contributed by atoms with Crippen LogP contribution in [0.3, 0.4) is 0 Å². The van der Waals surface area contributed by atoms with Gasteiger partial charge in [0.15, 0.2) is 4.67 Å². The number of rotatable bonds is 5. The second kappa shape index (κ2) is 7.78. The molecule has 1 heterocycles. The van der Waals surface area contributed by atoms with Crippen LogP contribution < -0.4 is 5.32 Å². The van der Waals surface area contributed by atoms with Crippen LogP contribution in [0.5, 0.6) is 0 Å². The van der Waals surface area contributed by atoms with E-state index in [1.54, 1.807) is 44.4 Å². The summed E-state index contributed by atoms with van der Waals surface area (Å²) in [6.45, 7) is 0.390. The van der Waals surface area contributed by atoms with Crippen LogP contribution in [0.1, 0.15) is 21.7 Å². The van der Waals surface area contributed by atoms with Crippen molar-refractivity contribution in [1.82, 2.24) is 10.2 Å². The van der Waals surface area contributed by atoms with Gasteiger partial charge in [0.05, 0.1) is 0 Å². The Hall–Kier alpha value is -2.34. The quantitative estimate of drug-likeness (QED) is 0.815. The van der Waals surface area contributed by atoms with Gasteiger partial charge in [-0.05, 0) is 51.8 Å². The number of halogens is 1. The summed E-state index contributed by atoms with van der Waals surface area (Å²) < 4.78 is 5.88. The lowest BCUT2D eigenvalue weighted by Crippen LogP contribution is -2.22. The fraction of sp³-hybridized carbons (Fsp3) is 0.176. The van der Waals surface area contributed by atoms with E-state index < -0.39 is 0 Å². The summed E-state index contributed by atoms with van der Waals surface area (Å²) in [5.74, 6) is 0.331. The molecule has 120 valence electrons. The van der Waals surface area contributed by atoms with E-state index in [9.17, 15) is 9.59 Å². The Bertz CT molecular complexity index is 718. The van der Waals surface area contributed by atoms with Crippen molar-refractivity contribution >= 4 is 33.8 Å². The highest BCUT2D eigenvalue weighted by molar-refractivity contribution is 9.10. The van der Waals surface area contributed by atoms with Crippen LogP contribution in [0.2, 0.25) is 0 Å². The summed E-state index contributed by atoms with van der Waals surface area (Å²) >= 11 is 3.20. The van der Waals surface area contributed by atoms with Gasteiger partial charge in [0, 0.05) is 32.3 Å². The Morgan fingerprint density at radius 3 is 2.43 bits per heavy atom. The van der Waals surface area contributed by atoms with Gasteiger partial charge in [-0.1, -0.05) is 12.1 Å². The topological polar surface area (TPSA) is 62.6 Å². The molecule has 23 heavy (non-hydrogen) atoms. The molecule has 0 bridgehead atoms. The summed E-state index contributed by atoms with van der Waals surface area (Å²) in [7, 11) is 3.42. The van der Waals surface area contributed by atoms with Crippen molar-refractivity contribution in [2.24, 2.45) is 0 Å². The molecule has 0 spiro atoms. The van der Waals surface area contributed by atoms with E-state index in [1.165, 1.54) is 11.0 Å². The second-order valence-electron chi connectivity index (χ2n) is 5.09. The molecule has 0 fully saturated rings. The maximum Gasteiger partial charge on any atom is 0.253 e. The van der Waals surface area contributed by atoms with Crippen molar-refractivity contribution in [2.45, 2.75) is 6.54 Å². The highest BCUT2D eigenvalue weighted by Gasteiger charge is 2.07. The first kappa shape index (κ1) is 17.0. The molecule has 2 amide bonds. The van der Waals surface area contributed by atoms with E-state index >= 15 is 0 Å². The lowest BCUT2D eigenvalue weighted by atomic mass is 10.1. The third kappa shape index (κ3) is 5.10. The number of carbonyl (C=O) groups excluding carboxylic acids is 2. The van der Waals surface area contributed by atoms with Crippen LogP contribution in [0.25, 0.3) is 6.08 Å². The Balaban J connectivity index is 1.87. The summed E-state index contributed by atoms with van der Waals surface area (Å²) in [6, 6.07) is 10.7. The minimum absolute atomic E-state index is 0.0480. The van der Waals surface area contributed by atoms with Crippen LogP contribution in [0.4, 0.5) is 0 Å². The fourth-order valence-electron chi connectivity index (χ4n) is 1.85. The van der Waals surface area contributed by atoms with Gasteiger partial charge < -0.3 is 14.6 Å². The zero-order chi connectivity index (χ0) is 16.8. The molecule has 0 aliphatic heterocycles. The van der Waals surface area contributed by atoms with Gasteiger partial charge in [-0.15, -0.1) is 0 Å². The summed E-state index contributed by atoms with van der Waals surface area (Å²) in [5.41, 5.74) is 1.54. The molecule has 6 heteroatoms. The number of furan rings is 1. The molecular weight excluding hydrogens is 360 g/mol. The molecule has 1 N–H and O–H groups in total. The summed E-state index contributed by atoms with van der Waals surface area (Å²) in [4.78, 5) is 25.0. The van der Waals surface area contributed by atoms with Crippen LogP contribution in [0.15, 0.2) is 51.6 Å². The molecule has 2 rings (SSSR count). The molecule has 0 unspecified atom stereocenters. The van der Waals surface area contributed by atoms with Crippen molar-refractivity contribution in [3.63, 3.8) is 0 Å². The average Bonchev–Trinajstić information content (AvgIpc) is 2.96. The lowest BCUT2D eigenvalue weighted by Gasteiger charge is -2.10. The Kier molecular flexibility index (Phi) is 5.76. The van der Waals surface area contributed by atoms with E-state index in [-0.39, 0.29) is 11.8 Å². The zero-order valence-corrected chi connectivity index (χ0v) is 14.5. The third-order valence-corrected chi connectivity index (χ3v) is 3.49. The monoisotopic (exact) mass is 376 g/mol. The predicted molar refractivity (Wildman–Crippen MR) is 91.7 cm³/mol. The van der Waals surface area contributed by atoms with Gasteiger partial charge in [0.1, 0.15) is 5.76 Å².